The number of hydrogen-bond donors (Lipinski definition) is 1. The zero-order valence-electron chi connectivity index (χ0n) is 18.8. The topological polar surface area (TPSA) is 76.7 Å². The largest absolute Gasteiger partial charge is 0.493 e. The van der Waals surface area contributed by atoms with E-state index >= 15 is 0 Å². The van der Waals surface area contributed by atoms with E-state index in [4.69, 9.17) is 20.2 Å². The van der Waals surface area contributed by atoms with Crippen LogP contribution < -0.4 is 20.1 Å². The molecule has 0 aliphatic carbocycles. The fraction of sp³-hybridized carbons (Fsp3) is 0.280. The van der Waals surface area contributed by atoms with Gasteiger partial charge in [0.1, 0.15) is 5.82 Å². The minimum Gasteiger partial charge on any atom is -0.493 e. The van der Waals surface area contributed by atoms with E-state index in [0.29, 0.717) is 23.3 Å². The molecule has 4 aromatic rings. The first-order valence-corrected chi connectivity index (χ1v) is 10.8. The van der Waals surface area contributed by atoms with Crippen LogP contribution in [0.2, 0.25) is 0 Å². The van der Waals surface area contributed by atoms with E-state index in [9.17, 15) is 0 Å². The number of halogens is 1. The molecule has 0 bridgehead atoms. The molecule has 1 fully saturated rings. The van der Waals surface area contributed by atoms with Gasteiger partial charge in [0.05, 0.1) is 19.7 Å². The average molecular weight is 466 g/mol. The quantitative estimate of drug-likeness (QED) is 0.475. The van der Waals surface area contributed by atoms with Crippen LogP contribution >= 0.6 is 12.4 Å². The van der Waals surface area contributed by atoms with E-state index in [-0.39, 0.29) is 12.4 Å². The molecule has 1 saturated heterocycles. The summed E-state index contributed by atoms with van der Waals surface area (Å²) in [4.78, 5) is 14.0. The maximum absolute atomic E-state index is 6.28. The molecule has 5 rings (SSSR count). The predicted octanol–water partition coefficient (Wildman–Crippen LogP) is 4.13. The Bertz CT molecular complexity index is 1270. The molecule has 2 heterocycles. The highest BCUT2D eigenvalue weighted by Gasteiger charge is 2.21. The lowest BCUT2D eigenvalue weighted by atomic mass is 10.0. The molecule has 172 valence electrons. The van der Waals surface area contributed by atoms with Crippen molar-refractivity contribution >= 4 is 45.8 Å². The highest BCUT2D eigenvalue weighted by Crippen LogP contribution is 2.34. The van der Waals surface area contributed by atoms with Crippen molar-refractivity contribution in [2.45, 2.75) is 6.54 Å². The number of piperazine rings is 1. The van der Waals surface area contributed by atoms with Crippen LogP contribution in [0.25, 0.3) is 21.7 Å². The van der Waals surface area contributed by atoms with E-state index in [1.165, 1.54) is 16.3 Å². The second-order valence-corrected chi connectivity index (χ2v) is 8.03. The van der Waals surface area contributed by atoms with Crippen LogP contribution in [0.15, 0.2) is 54.6 Å². The molecule has 0 radical (unpaired) electrons. The monoisotopic (exact) mass is 465 g/mol. The van der Waals surface area contributed by atoms with Gasteiger partial charge in [-0.3, -0.25) is 4.90 Å². The van der Waals surface area contributed by atoms with Crippen LogP contribution in [0, 0.1) is 0 Å². The van der Waals surface area contributed by atoms with Crippen LogP contribution in [-0.4, -0.2) is 55.3 Å². The van der Waals surface area contributed by atoms with Crippen molar-refractivity contribution < 1.29 is 9.47 Å². The summed E-state index contributed by atoms with van der Waals surface area (Å²) in [6.45, 7) is 4.52. The zero-order valence-corrected chi connectivity index (χ0v) is 19.6. The minimum atomic E-state index is 0. The van der Waals surface area contributed by atoms with E-state index in [0.717, 1.165) is 43.6 Å². The lowest BCUT2D eigenvalue weighted by molar-refractivity contribution is 0.249. The van der Waals surface area contributed by atoms with Crippen molar-refractivity contribution in [3.63, 3.8) is 0 Å². The summed E-state index contributed by atoms with van der Waals surface area (Å²) in [5.74, 6) is 2.35. The average Bonchev–Trinajstić information content (AvgIpc) is 2.84. The number of rotatable bonds is 5. The van der Waals surface area contributed by atoms with E-state index in [2.05, 4.69) is 57.2 Å². The standard InChI is InChI=1S/C25H27N5O2.ClH/c1-31-22-14-20-21(15-23(22)32-2)27-25(28-24(20)26)30-12-10-29(11-13-30)16-18-8-5-7-17-6-3-4-9-19(17)18;/h3-9,14-15H,10-13,16H2,1-2H3,(H2,26,27,28);1H. The van der Waals surface area contributed by atoms with Crippen molar-refractivity contribution in [1.82, 2.24) is 14.9 Å². The molecule has 7 nitrogen and oxygen atoms in total. The van der Waals surface area contributed by atoms with Crippen molar-refractivity contribution in [2.24, 2.45) is 0 Å². The first-order chi connectivity index (χ1) is 15.7. The third kappa shape index (κ3) is 4.47. The lowest BCUT2D eigenvalue weighted by Crippen LogP contribution is -2.46. The van der Waals surface area contributed by atoms with Gasteiger partial charge in [-0.2, -0.15) is 4.98 Å². The Balaban J connectivity index is 0.00000259. The van der Waals surface area contributed by atoms with Gasteiger partial charge < -0.3 is 20.1 Å². The van der Waals surface area contributed by atoms with Crippen LogP contribution in [0.1, 0.15) is 5.56 Å². The highest BCUT2D eigenvalue weighted by molar-refractivity contribution is 5.91. The number of ether oxygens (including phenoxy) is 2. The normalized spacial score (nSPS) is 14.3. The van der Waals surface area contributed by atoms with Crippen LogP contribution in [-0.2, 0) is 6.54 Å². The maximum Gasteiger partial charge on any atom is 0.227 e. The molecule has 8 heteroatoms. The van der Waals surface area contributed by atoms with Gasteiger partial charge in [0.25, 0.3) is 0 Å². The molecule has 2 N–H and O–H groups in total. The first-order valence-electron chi connectivity index (χ1n) is 10.8. The molecule has 0 saturated carbocycles. The predicted molar refractivity (Wildman–Crippen MR) is 136 cm³/mol. The number of hydrogen-bond acceptors (Lipinski definition) is 7. The SMILES string of the molecule is COc1cc2nc(N3CCN(Cc4cccc5ccccc45)CC3)nc(N)c2cc1OC.Cl. The Hall–Kier alpha value is -3.29. The van der Waals surface area contributed by atoms with Crippen LogP contribution in [0.3, 0.4) is 0 Å². The molecular weight excluding hydrogens is 438 g/mol. The number of nitrogens with zero attached hydrogens (tertiary/aromatic N) is 4. The third-order valence-corrected chi connectivity index (χ3v) is 6.15. The van der Waals surface area contributed by atoms with Gasteiger partial charge in [-0.05, 0) is 22.4 Å². The van der Waals surface area contributed by atoms with Gasteiger partial charge in [0.15, 0.2) is 11.5 Å². The highest BCUT2D eigenvalue weighted by atomic mass is 35.5. The number of anilines is 2. The Labute approximate surface area is 199 Å². The smallest absolute Gasteiger partial charge is 0.227 e. The summed E-state index contributed by atoms with van der Waals surface area (Å²) >= 11 is 0. The molecule has 1 aromatic heterocycles. The van der Waals surface area contributed by atoms with Gasteiger partial charge in [0, 0.05) is 44.2 Å². The summed E-state index contributed by atoms with van der Waals surface area (Å²) < 4.78 is 10.8. The fourth-order valence-corrected chi connectivity index (χ4v) is 4.39. The molecule has 0 spiro atoms. The molecule has 0 atom stereocenters. The summed E-state index contributed by atoms with van der Waals surface area (Å²) in [5.41, 5.74) is 8.39. The number of aromatic nitrogens is 2. The molecule has 33 heavy (non-hydrogen) atoms. The number of methoxy groups -OCH3 is 2. The van der Waals surface area contributed by atoms with Gasteiger partial charge in [-0.15, -0.1) is 12.4 Å². The van der Waals surface area contributed by atoms with Crippen molar-refractivity contribution in [2.75, 3.05) is 51.0 Å². The number of benzene rings is 3. The molecule has 1 aliphatic rings. The van der Waals surface area contributed by atoms with Crippen molar-refractivity contribution in [3.05, 3.63) is 60.2 Å². The van der Waals surface area contributed by atoms with Crippen molar-refractivity contribution in [3.8, 4) is 11.5 Å². The first kappa shape index (κ1) is 22.9. The van der Waals surface area contributed by atoms with Crippen LogP contribution in [0.5, 0.6) is 11.5 Å². The minimum absolute atomic E-state index is 0. The van der Waals surface area contributed by atoms with Crippen LogP contribution in [0.4, 0.5) is 11.8 Å². The summed E-state index contributed by atoms with van der Waals surface area (Å²) in [6, 6.07) is 18.8. The second kappa shape index (κ2) is 9.68. The van der Waals surface area contributed by atoms with Gasteiger partial charge >= 0.3 is 0 Å². The number of nitrogens with two attached hydrogens (primary N) is 1. The third-order valence-electron chi connectivity index (χ3n) is 6.15. The molecule has 3 aromatic carbocycles. The zero-order chi connectivity index (χ0) is 22.1. The maximum atomic E-state index is 6.28. The molecule has 1 aliphatic heterocycles. The fourth-order valence-electron chi connectivity index (χ4n) is 4.39. The van der Waals surface area contributed by atoms with Crippen molar-refractivity contribution in [1.29, 1.82) is 0 Å². The van der Waals surface area contributed by atoms with Gasteiger partial charge in [-0.1, -0.05) is 42.5 Å². The summed E-state index contributed by atoms with van der Waals surface area (Å²) in [7, 11) is 3.22. The second-order valence-electron chi connectivity index (χ2n) is 8.03. The summed E-state index contributed by atoms with van der Waals surface area (Å²) in [6.07, 6.45) is 0. The Morgan fingerprint density at radius 3 is 2.30 bits per heavy atom. The Morgan fingerprint density at radius 1 is 0.848 bits per heavy atom. The molecular formula is C25H28ClN5O2. The van der Waals surface area contributed by atoms with E-state index in [1.54, 1.807) is 14.2 Å². The van der Waals surface area contributed by atoms with E-state index < -0.39 is 0 Å². The number of fused-ring (bicyclic) bond motifs is 2. The van der Waals surface area contributed by atoms with Gasteiger partial charge in [-0.25, -0.2) is 4.98 Å². The Morgan fingerprint density at radius 2 is 1.55 bits per heavy atom. The molecule has 0 amide bonds. The Kier molecular flexibility index (Phi) is 6.72. The summed E-state index contributed by atoms with van der Waals surface area (Å²) in [5, 5.41) is 3.38. The number of nitrogen functional groups attached to an aromatic ring is 1. The van der Waals surface area contributed by atoms with Gasteiger partial charge in [0.2, 0.25) is 5.95 Å². The van der Waals surface area contributed by atoms with E-state index in [1.807, 2.05) is 12.1 Å². The lowest BCUT2D eigenvalue weighted by Gasteiger charge is -2.35. The molecule has 0 unspecified atom stereocenters.